The molecule has 0 aromatic heterocycles. The molecule has 1 unspecified atom stereocenters. The number of carbonyl (C=O) groups excluding carboxylic acids is 1. The van der Waals surface area contributed by atoms with Crippen molar-refractivity contribution in [1.29, 1.82) is 0 Å². The van der Waals surface area contributed by atoms with Crippen LogP contribution in [0.5, 0.6) is 0 Å². The number of primary amides is 1. The molecule has 3 N–H and O–H groups in total. The van der Waals surface area contributed by atoms with Crippen LogP contribution in [0.3, 0.4) is 0 Å². The van der Waals surface area contributed by atoms with Gasteiger partial charge in [-0.1, -0.05) is 91.0 Å². The van der Waals surface area contributed by atoms with Gasteiger partial charge in [-0.3, -0.25) is 4.79 Å². The third-order valence-electron chi connectivity index (χ3n) is 6.26. The summed E-state index contributed by atoms with van der Waals surface area (Å²) in [7, 11) is 0. The number of benzene rings is 3. The lowest BCUT2D eigenvalue weighted by atomic mass is 9.62. The summed E-state index contributed by atoms with van der Waals surface area (Å²) in [4.78, 5) is 15.7. The van der Waals surface area contributed by atoms with Gasteiger partial charge in [0, 0.05) is 25.6 Å². The first-order chi connectivity index (χ1) is 14.6. The number of nitrogens with two attached hydrogens (primary N) is 1. The highest BCUT2D eigenvalue weighted by atomic mass is 35.5. The molecule has 0 radical (unpaired) electrons. The highest BCUT2D eigenvalue weighted by Gasteiger charge is 2.48. The summed E-state index contributed by atoms with van der Waals surface area (Å²) in [5.74, 6) is -0.570. The number of hydrogen-bond acceptors (Lipinski definition) is 3. The number of amides is 1. The van der Waals surface area contributed by atoms with Crippen LogP contribution in [0.25, 0.3) is 0 Å². The van der Waals surface area contributed by atoms with Crippen LogP contribution >= 0.6 is 12.4 Å². The molecule has 3 aromatic carbocycles. The Labute approximate surface area is 190 Å². The fraction of sp³-hybridized carbons (Fsp3) is 0.269. The van der Waals surface area contributed by atoms with Crippen LogP contribution in [0.2, 0.25) is 0 Å². The van der Waals surface area contributed by atoms with E-state index < -0.39 is 5.41 Å². The van der Waals surface area contributed by atoms with Crippen molar-refractivity contribution in [2.75, 3.05) is 19.6 Å². The Bertz CT molecular complexity index is 927. The fourth-order valence-electron chi connectivity index (χ4n) is 4.84. The topological polar surface area (TPSA) is 66.6 Å². The standard InChI is InChI=1S/C26H28N2O2.ClH/c27-25(30)26(21-12-6-2-7-13-21,22-14-8-3-9-15-22)24(20-10-4-1-5-11-20)19-28-17-16-23(29)18-28;/h1-15,23-24,29H,16-19H2,(H2,27,30);1H/t23-,24?;/m0./s1. The second-order valence-electron chi connectivity index (χ2n) is 8.07. The zero-order valence-electron chi connectivity index (χ0n) is 17.4. The highest BCUT2D eigenvalue weighted by Crippen LogP contribution is 2.45. The van der Waals surface area contributed by atoms with Gasteiger partial charge in [0.15, 0.2) is 0 Å². The van der Waals surface area contributed by atoms with Gasteiger partial charge < -0.3 is 15.7 Å². The van der Waals surface area contributed by atoms with Crippen molar-refractivity contribution in [2.45, 2.75) is 23.9 Å². The minimum atomic E-state index is -1.03. The smallest absolute Gasteiger partial charge is 0.233 e. The van der Waals surface area contributed by atoms with Crippen molar-refractivity contribution in [1.82, 2.24) is 4.90 Å². The molecule has 0 saturated carbocycles. The lowest BCUT2D eigenvalue weighted by Gasteiger charge is -2.41. The van der Waals surface area contributed by atoms with Crippen LogP contribution in [0.15, 0.2) is 91.0 Å². The fourth-order valence-corrected chi connectivity index (χ4v) is 4.84. The summed E-state index contributed by atoms with van der Waals surface area (Å²) in [6.07, 6.45) is 0.430. The first kappa shape index (κ1) is 23.0. The Hall–Kier alpha value is -2.66. The number of rotatable bonds is 7. The number of nitrogens with zero attached hydrogens (tertiary/aromatic N) is 1. The van der Waals surface area contributed by atoms with E-state index >= 15 is 0 Å². The van der Waals surface area contributed by atoms with Crippen LogP contribution in [0.4, 0.5) is 0 Å². The highest BCUT2D eigenvalue weighted by molar-refractivity contribution is 5.92. The van der Waals surface area contributed by atoms with E-state index in [1.807, 2.05) is 78.9 Å². The number of carbonyl (C=O) groups is 1. The van der Waals surface area contributed by atoms with Crippen LogP contribution in [-0.2, 0) is 10.2 Å². The molecule has 0 aliphatic carbocycles. The van der Waals surface area contributed by atoms with E-state index in [1.54, 1.807) is 0 Å². The molecule has 3 aromatic rings. The maximum Gasteiger partial charge on any atom is 0.233 e. The van der Waals surface area contributed by atoms with Crippen LogP contribution in [-0.4, -0.2) is 41.7 Å². The molecule has 4 nitrogen and oxygen atoms in total. The third-order valence-corrected chi connectivity index (χ3v) is 6.26. The monoisotopic (exact) mass is 436 g/mol. The largest absolute Gasteiger partial charge is 0.392 e. The molecule has 4 rings (SSSR count). The van der Waals surface area contributed by atoms with Gasteiger partial charge >= 0.3 is 0 Å². The molecular weight excluding hydrogens is 408 g/mol. The second-order valence-corrected chi connectivity index (χ2v) is 8.07. The summed E-state index contributed by atoms with van der Waals surface area (Å²) in [6, 6.07) is 29.8. The number of aliphatic hydroxyl groups excluding tert-OH is 1. The lowest BCUT2D eigenvalue weighted by Crippen LogP contribution is -2.50. The molecule has 1 amide bonds. The van der Waals surface area contributed by atoms with E-state index in [0.29, 0.717) is 13.1 Å². The van der Waals surface area contributed by atoms with Crippen molar-refractivity contribution in [3.8, 4) is 0 Å². The molecule has 1 saturated heterocycles. The molecule has 2 atom stereocenters. The van der Waals surface area contributed by atoms with Gasteiger partial charge in [0.1, 0.15) is 5.41 Å². The Morgan fingerprint density at radius 1 is 0.935 bits per heavy atom. The summed E-state index contributed by atoms with van der Waals surface area (Å²) in [6.45, 7) is 2.05. The molecule has 1 fully saturated rings. The molecule has 0 bridgehead atoms. The van der Waals surface area contributed by atoms with Gasteiger partial charge in [-0.2, -0.15) is 0 Å². The maximum atomic E-state index is 13.4. The number of β-amino-alcohol motifs (C(OH)–C–C–N with tert-alkyl or cyclic N) is 1. The number of aliphatic hydroxyl groups is 1. The van der Waals surface area contributed by atoms with E-state index in [1.165, 1.54) is 0 Å². The molecule has 1 aliphatic rings. The Balaban J connectivity index is 0.00000272. The van der Waals surface area contributed by atoms with E-state index in [0.717, 1.165) is 29.7 Å². The zero-order valence-corrected chi connectivity index (χ0v) is 18.2. The predicted octanol–water partition coefficient (Wildman–Crippen LogP) is 3.73. The Morgan fingerprint density at radius 3 is 1.84 bits per heavy atom. The minimum absolute atomic E-state index is 0. The van der Waals surface area contributed by atoms with Crippen molar-refractivity contribution >= 4 is 18.3 Å². The van der Waals surface area contributed by atoms with Crippen molar-refractivity contribution < 1.29 is 9.90 Å². The van der Waals surface area contributed by atoms with Gasteiger partial charge in [0.25, 0.3) is 0 Å². The number of hydrogen-bond donors (Lipinski definition) is 2. The molecule has 5 heteroatoms. The van der Waals surface area contributed by atoms with E-state index in [9.17, 15) is 9.90 Å². The summed E-state index contributed by atoms with van der Waals surface area (Å²) < 4.78 is 0. The van der Waals surface area contributed by atoms with E-state index in [-0.39, 0.29) is 30.3 Å². The van der Waals surface area contributed by atoms with Gasteiger partial charge in [-0.25, -0.2) is 0 Å². The second kappa shape index (κ2) is 10.1. The van der Waals surface area contributed by atoms with Crippen molar-refractivity contribution in [2.24, 2.45) is 5.73 Å². The van der Waals surface area contributed by atoms with Gasteiger partial charge in [0.05, 0.1) is 6.10 Å². The summed E-state index contributed by atoms with van der Waals surface area (Å²) in [5.41, 5.74) is 8.07. The molecule has 1 aliphatic heterocycles. The SMILES string of the molecule is Cl.NC(=O)C(c1ccccc1)(c1ccccc1)C(CN1CC[C@H](O)C1)c1ccccc1. The molecule has 31 heavy (non-hydrogen) atoms. The van der Waals surface area contributed by atoms with E-state index in [2.05, 4.69) is 17.0 Å². The van der Waals surface area contributed by atoms with Gasteiger partial charge in [0.2, 0.25) is 5.91 Å². The molecular formula is C26H29ClN2O2. The maximum absolute atomic E-state index is 13.4. The number of halogens is 1. The summed E-state index contributed by atoms with van der Waals surface area (Å²) >= 11 is 0. The minimum Gasteiger partial charge on any atom is -0.392 e. The molecule has 162 valence electrons. The zero-order chi connectivity index (χ0) is 21.0. The van der Waals surface area contributed by atoms with Crippen molar-refractivity contribution in [3.63, 3.8) is 0 Å². The van der Waals surface area contributed by atoms with Crippen LogP contribution in [0, 0.1) is 0 Å². The normalized spacial score (nSPS) is 17.6. The number of likely N-dealkylation sites (tertiary alicyclic amines) is 1. The van der Waals surface area contributed by atoms with Crippen molar-refractivity contribution in [3.05, 3.63) is 108 Å². The van der Waals surface area contributed by atoms with Gasteiger partial charge in [-0.15, -0.1) is 12.4 Å². The van der Waals surface area contributed by atoms with E-state index in [4.69, 9.17) is 5.73 Å². The van der Waals surface area contributed by atoms with Crippen LogP contribution < -0.4 is 5.73 Å². The average molecular weight is 437 g/mol. The molecule has 1 heterocycles. The third kappa shape index (κ3) is 4.52. The summed E-state index contributed by atoms with van der Waals surface area (Å²) in [5, 5.41) is 10.1. The predicted molar refractivity (Wildman–Crippen MR) is 126 cm³/mol. The lowest BCUT2D eigenvalue weighted by molar-refractivity contribution is -0.123. The van der Waals surface area contributed by atoms with Gasteiger partial charge in [-0.05, 0) is 23.1 Å². The Kier molecular flexibility index (Phi) is 7.50. The Morgan fingerprint density at radius 2 is 1.42 bits per heavy atom. The average Bonchev–Trinajstić information content (AvgIpc) is 3.20. The first-order valence-electron chi connectivity index (χ1n) is 10.5. The van der Waals surface area contributed by atoms with Crippen LogP contribution in [0.1, 0.15) is 29.0 Å². The first-order valence-corrected chi connectivity index (χ1v) is 10.5. The molecule has 0 spiro atoms. The quantitative estimate of drug-likeness (QED) is 0.593.